The summed E-state index contributed by atoms with van der Waals surface area (Å²) in [5.74, 6) is 1.05. The van der Waals surface area contributed by atoms with E-state index in [-0.39, 0.29) is 17.8 Å². The van der Waals surface area contributed by atoms with Crippen molar-refractivity contribution in [2.45, 2.75) is 32.0 Å². The van der Waals surface area contributed by atoms with Crippen LogP contribution in [0.1, 0.15) is 34.6 Å². The van der Waals surface area contributed by atoms with E-state index < -0.39 is 0 Å². The Labute approximate surface area is 181 Å². The monoisotopic (exact) mass is 423 g/mol. The molecular formula is C24H26FN3O3. The minimum atomic E-state index is -0.365. The number of nitrogens with zero attached hydrogens (tertiary/aromatic N) is 3. The van der Waals surface area contributed by atoms with Crippen molar-refractivity contribution in [1.29, 1.82) is 0 Å². The molecule has 0 spiro atoms. The molecule has 2 heterocycles. The third-order valence-corrected chi connectivity index (χ3v) is 5.45. The lowest BCUT2D eigenvalue weighted by molar-refractivity contribution is 0.0499. The lowest BCUT2D eigenvalue weighted by atomic mass is 10.1. The topological polar surface area (TPSA) is 56.6 Å². The van der Waals surface area contributed by atoms with Crippen molar-refractivity contribution in [2.75, 3.05) is 20.3 Å². The zero-order chi connectivity index (χ0) is 21.6. The van der Waals surface area contributed by atoms with Crippen LogP contribution >= 0.6 is 0 Å². The molecule has 2 aromatic carbocycles. The molecule has 0 unspecified atom stereocenters. The number of methoxy groups -OCH3 is 1. The first-order chi connectivity index (χ1) is 15.1. The average molecular weight is 423 g/mol. The summed E-state index contributed by atoms with van der Waals surface area (Å²) in [6, 6.07) is 13.5. The number of halogens is 1. The van der Waals surface area contributed by atoms with Gasteiger partial charge in [-0.2, -0.15) is 0 Å². The van der Waals surface area contributed by atoms with Crippen LogP contribution in [-0.4, -0.2) is 46.7 Å². The first kappa shape index (κ1) is 21.1. The van der Waals surface area contributed by atoms with Gasteiger partial charge >= 0.3 is 0 Å². The van der Waals surface area contributed by atoms with Crippen LogP contribution in [0.2, 0.25) is 0 Å². The van der Waals surface area contributed by atoms with E-state index >= 15 is 0 Å². The molecular weight excluding hydrogens is 397 g/mol. The quantitative estimate of drug-likeness (QED) is 0.551. The van der Waals surface area contributed by atoms with Crippen molar-refractivity contribution in [2.24, 2.45) is 0 Å². The number of carbonyl (C=O) groups is 1. The van der Waals surface area contributed by atoms with Crippen LogP contribution in [0.5, 0.6) is 5.75 Å². The van der Waals surface area contributed by atoms with E-state index in [1.165, 1.54) is 24.3 Å². The van der Waals surface area contributed by atoms with Gasteiger partial charge in [0.25, 0.3) is 5.91 Å². The third-order valence-electron chi connectivity index (χ3n) is 5.45. The Morgan fingerprint density at radius 3 is 2.87 bits per heavy atom. The number of carbonyl (C=O) groups excluding carboxylic acids is 1. The molecule has 4 rings (SSSR count). The third kappa shape index (κ3) is 5.30. The molecule has 0 radical (unpaired) electrons. The molecule has 7 heteroatoms. The zero-order valence-electron chi connectivity index (χ0n) is 17.5. The Bertz CT molecular complexity index is 1010. The lowest BCUT2D eigenvalue weighted by Gasteiger charge is -2.26. The summed E-state index contributed by atoms with van der Waals surface area (Å²) in [6.45, 7) is 2.15. The molecule has 1 saturated heterocycles. The maximum Gasteiger partial charge on any atom is 0.254 e. The molecule has 3 aromatic rings. The lowest BCUT2D eigenvalue weighted by Crippen LogP contribution is -2.37. The van der Waals surface area contributed by atoms with Gasteiger partial charge in [-0.1, -0.05) is 12.1 Å². The Morgan fingerprint density at radius 1 is 1.29 bits per heavy atom. The van der Waals surface area contributed by atoms with E-state index in [0.29, 0.717) is 31.8 Å². The average Bonchev–Trinajstić information content (AvgIpc) is 3.46. The van der Waals surface area contributed by atoms with Crippen molar-refractivity contribution in [3.8, 4) is 5.75 Å². The number of amides is 1. The fourth-order valence-corrected chi connectivity index (χ4v) is 3.80. The Morgan fingerprint density at radius 2 is 2.13 bits per heavy atom. The molecule has 1 fully saturated rings. The second-order valence-electron chi connectivity index (χ2n) is 7.65. The first-order valence-corrected chi connectivity index (χ1v) is 10.4. The number of ether oxygens (including phenoxy) is 2. The molecule has 6 nitrogen and oxygen atoms in total. The summed E-state index contributed by atoms with van der Waals surface area (Å²) >= 11 is 0. The fraction of sp³-hybridized carbons (Fsp3) is 0.333. The van der Waals surface area contributed by atoms with Crippen molar-refractivity contribution in [1.82, 2.24) is 14.5 Å². The summed E-state index contributed by atoms with van der Waals surface area (Å²) in [5, 5.41) is 0. The van der Waals surface area contributed by atoms with Crippen molar-refractivity contribution >= 4 is 5.91 Å². The zero-order valence-corrected chi connectivity index (χ0v) is 17.5. The van der Waals surface area contributed by atoms with Crippen LogP contribution in [0.3, 0.4) is 0 Å². The smallest absolute Gasteiger partial charge is 0.254 e. The van der Waals surface area contributed by atoms with Crippen LogP contribution in [-0.2, 0) is 17.8 Å². The van der Waals surface area contributed by atoms with Crippen molar-refractivity contribution in [3.63, 3.8) is 0 Å². The van der Waals surface area contributed by atoms with Gasteiger partial charge in [0.15, 0.2) is 0 Å². The van der Waals surface area contributed by atoms with Gasteiger partial charge in [0, 0.05) is 37.7 Å². The molecule has 1 aliphatic heterocycles. The largest absolute Gasteiger partial charge is 0.497 e. The number of hydrogen-bond donors (Lipinski definition) is 0. The summed E-state index contributed by atoms with van der Waals surface area (Å²) in [7, 11) is 1.64. The molecule has 0 bridgehead atoms. The molecule has 0 N–H and O–H groups in total. The predicted molar refractivity (Wildman–Crippen MR) is 114 cm³/mol. The first-order valence-electron chi connectivity index (χ1n) is 10.4. The van der Waals surface area contributed by atoms with Crippen LogP contribution in [0, 0.1) is 5.82 Å². The highest BCUT2D eigenvalue weighted by Gasteiger charge is 2.25. The Hall–Kier alpha value is -3.19. The van der Waals surface area contributed by atoms with Gasteiger partial charge < -0.3 is 18.9 Å². The van der Waals surface area contributed by atoms with Gasteiger partial charge in [0.1, 0.15) is 17.4 Å². The summed E-state index contributed by atoms with van der Waals surface area (Å²) in [6.07, 6.45) is 5.56. The molecule has 1 aromatic heterocycles. The van der Waals surface area contributed by atoms with Gasteiger partial charge in [-0.3, -0.25) is 4.79 Å². The highest BCUT2D eigenvalue weighted by Crippen LogP contribution is 2.19. The van der Waals surface area contributed by atoms with Crippen LogP contribution in [0.4, 0.5) is 4.39 Å². The van der Waals surface area contributed by atoms with Gasteiger partial charge in [-0.15, -0.1) is 0 Å². The molecule has 1 atom stereocenters. The van der Waals surface area contributed by atoms with E-state index in [2.05, 4.69) is 4.98 Å². The van der Waals surface area contributed by atoms with Crippen LogP contribution in [0.15, 0.2) is 60.9 Å². The molecule has 0 aliphatic carbocycles. The van der Waals surface area contributed by atoms with Crippen LogP contribution < -0.4 is 4.74 Å². The van der Waals surface area contributed by atoms with Crippen molar-refractivity contribution in [3.05, 3.63) is 83.7 Å². The maximum absolute atomic E-state index is 13.3. The number of benzene rings is 2. The van der Waals surface area contributed by atoms with E-state index in [4.69, 9.17) is 9.47 Å². The van der Waals surface area contributed by atoms with Gasteiger partial charge in [0.05, 0.1) is 19.8 Å². The normalized spacial score (nSPS) is 15.7. The highest BCUT2D eigenvalue weighted by atomic mass is 19.1. The second kappa shape index (κ2) is 9.75. The van der Waals surface area contributed by atoms with Gasteiger partial charge in [-0.05, 0) is 54.8 Å². The number of hydrogen-bond acceptors (Lipinski definition) is 4. The minimum absolute atomic E-state index is 0.00574. The molecule has 1 amide bonds. The molecule has 1 aliphatic rings. The van der Waals surface area contributed by atoms with E-state index in [1.807, 2.05) is 35.0 Å². The molecule has 0 saturated carbocycles. The Balaban J connectivity index is 1.54. The molecule has 31 heavy (non-hydrogen) atoms. The maximum atomic E-state index is 13.3. The fourth-order valence-electron chi connectivity index (χ4n) is 3.80. The number of aromatic nitrogens is 2. The number of imidazole rings is 1. The van der Waals surface area contributed by atoms with E-state index in [1.54, 1.807) is 18.2 Å². The highest BCUT2D eigenvalue weighted by molar-refractivity contribution is 5.94. The van der Waals surface area contributed by atoms with Crippen molar-refractivity contribution < 1.29 is 18.7 Å². The number of rotatable bonds is 8. The van der Waals surface area contributed by atoms with Gasteiger partial charge in [-0.25, -0.2) is 9.37 Å². The van der Waals surface area contributed by atoms with Crippen LogP contribution in [0.25, 0.3) is 0 Å². The summed E-state index contributed by atoms with van der Waals surface area (Å²) in [4.78, 5) is 19.5. The predicted octanol–water partition coefficient (Wildman–Crippen LogP) is 3.90. The second-order valence-corrected chi connectivity index (χ2v) is 7.65. The van der Waals surface area contributed by atoms with Gasteiger partial charge in [0.2, 0.25) is 0 Å². The molecule has 162 valence electrons. The summed E-state index contributed by atoms with van der Waals surface area (Å²) in [5.41, 5.74) is 1.53. The minimum Gasteiger partial charge on any atom is -0.497 e. The van der Waals surface area contributed by atoms with E-state index in [0.717, 1.165) is 30.0 Å². The van der Waals surface area contributed by atoms with E-state index in [9.17, 15) is 9.18 Å². The Kier molecular flexibility index (Phi) is 6.62. The standard InChI is InChI=1S/C24H26FN3O3/c1-30-21-5-2-4-18(14-21)15-27-12-11-26-23(27)17-28(16-22-6-3-13-31-22)24(29)19-7-9-20(25)10-8-19/h2,4-5,7-12,14,22H,3,6,13,15-17H2,1H3/t22-/m0/s1. The SMILES string of the molecule is COc1cccc(Cn2ccnc2CN(C[C@@H]2CCCO2)C(=O)c2ccc(F)cc2)c1. The summed E-state index contributed by atoms with van der Waals surface area (Å²) < 4.78 is 26.4.